The second kappa shape index (κ2) is 31.5. The highest BCUT2D eigenvalue weighted by Crippen LogP contribution is 2.42. The van der Waals surface area contributed by atoms with Crippen molar-refractivity contribution in [2.75, 3.05) is 97.2 Å². The standard InChI is InChI=1S/C28H26FN5O3S.C24H26FN5O2S.C23H24FN5O3S/c1-16-13-20-21(32-16)7-8-22(24(20)29)37-27-23-17(2)25(38-28(23)31-15-30-27)26(35)33-19-5-3-18(4-6-19)14-34-9-11-36-12-10-34;1-14-12-16-17(29-14)6-7-18(20(16)25)32-23-19-15(2)21(33-24(19)28-13-27-23)22(31)26-8-11-30-9-4-3-5-10-30;1-13-11-15-16(28-13)3-4-17(19(15)24)32-22-18-14(2)20(33-23(18)27-12-26-22)21(30)25-5-6-29-7-9-31-10-8-29/h3-8,13,15,32H,9-12,14H2,1-2H3,(H,33,35);6-7,12-13,29H,3-5,8-11H2,1-2H3,(H,26,31);3-4,11-12,28H,5-10H2,1-2H3,(H,25,30). The van der Waals surface area contributed by atoms with Gasteiger partial charge in [0.1, 0.15) is 33.5 Å². The molecule has 104 heavy (non-hydrogen) atoms. The first-order valence-electron chi connectivity index (χ1n) is 34.4. The lowest BCUT2D eigenvalue weighted by molar-refractivity contribution is 0.0342. The van der Waals surface area contributed by atoms with E-state index in [1.165, 1.54) is 77.8 Å². The quantitative estimate of drug-likeness (QED) is 0.0466. The Morgan fingerprint density at radius 1 is 0.462 bits per heavy atom. The molecule has 0 radical (unpaired) electrons. The number of morpholine rings is 2. The van der Waals surface area contributed by atoms with Crippen LogP contribution >= 0.6 is 34.0 Å². The van der Waals surface area contributed by atoms with E-state index in [1.54, 1.807) is 54.6 Å². The number of carbonyl (C=O) groups is 3. The summed E-state index contributed by atoms with van der Waals surface area (Å²) in [6.07, 6.45) is 7.84. The van der Waals surface area contributed by atoms with E-state index in [0.29, 0.717) is 108 Å². The van der Waals surface area contributed by atoms with E-state index in [9.17, 15) is 14.4 Å². The van der Waals surface area contributed by atoms with Gasteiger partial charge >= 0.3 is 0 Å². The van der Waals surface area contributed by atoms with Crippen molar-refractivity contribution in [2.24, 2.45) is 0 Å². The molecule has 3 aliphatic heterocycles. The summed E-state index contributed by atoms with van der Waals surface area (Å²) in [6, 6.07) is 23.1. The Hall–Kier alpha value is -9.98. The fourth-order valence-corrected chi connectivity index (χ4v) is 16.3. The first-order chi connectivity index (χ1) is 50.5. The Bertz CT molecular complexity index is 5120. The number of ether oxygens (including phenoxy) is 5. The predicted octanol–water partition coefficient (Wildman–Crippen LogP) is 14.5. The lowest BCUT2D eigenvalue weighted by Crippen LogP contribution is -2.41. The van der Waals surface area contributed by atoms with Crippen LogP contribution in [0.15, 0.2) is 97.8 Å². The van der Waals surface area contributed by atoms with Crippen molar-refractivity contribution in [3.05, 3.63) is 169 Å². The van der Waals surface area contributed by atoms with E-state index in [-0.39, 0.29) is 52.6 Å². The first-order valence-corrected chi connectivity index (χ1v) is 36.8. The van der Waals surface area contributed by atoms with Crippen molar-refractivity contribution in [1.29, 1.82) is 0 Å². The van der Waals surface area contributed by atoms with Gasteiger partial charge in [-0.25, -0.2) is 43.1 Å². The minimum absolute atomic E-state index is 0.0604. The highest BCUT2D eigenvalue weighted by Gasteiger charge is 2.27. The van der Waals surface area contributed by atoms with Gasteiger partial charge < -0.3 is 59.5 Å². The van der Waals surface area contributed by atoms with Gasteiger partial charge in [0.2, 0.25) is 17.6 Å². The van der Waals surface area contributed by atoms with Crippen LogP contribution < -0.4 is 30.2 Å². The summed E-state index contributed by atoms with van der Waals surface area (Å²) in [5, 5.41) is 12.2. The van der Waals surface area contributed by atoms with Crippen molar-refractivity contribution in [1.82, 2.24) is 70.2 Å². The lowest BCUT2D eigenvalue weighted by Gasteiger charge is -2.26. The van der Waals surface area contributed by atoms with Gasteiger partial charge in [0, 0.05) is 114 Å². The van der Waals surface area contributed by atoms with Crippen LogP contribution in [0.4, 0.5) is 18.9 Å². The van der Waals surface area contributed by atoms with Crippen LogP contribution in [-0.2, 0) is 16.0 Å². The fourth-order valence-electron chi connectivity index (χ4n) is 13.1. The van der Waals surface area contributed by atoms with Gasteiger partial charge in [0.15, 0.2) is 34.7 Å². The number of nitrogens with one attached hydrogen (secondary N) is 6. The summed E-state index contributed by atoms with van der Waals surface area (Å²) in [5.41, 5.74) is 8.72. The Morgan fingerprint density at radius 3 is 1.22 bits per heavy atom. The maximum absolute atomic E-state index is 15.1. The minimum atomic E-state index is -0.471. The number of benzene rings is 4. The molecule has 3 fully saturated rings. The molecule has 4 aromatic carbocycles. The Morgan fingerprint density at radius 2 is 0.827 bits per heavy atom. The number of thiophene rings is 3. The molecule has 3 saturated heterocycles. The molecule has 0 bridgehead atoms. The number of H-pyrrole nitrogens is 3. The highest BCUT2D eigenvalue weighted by atomic mass is 32.1. The van der Waals surface area contributed by atoms with Crippen molar-refractivity contribution in [3.63, 3.8) is 0 Å². The second-order valence-electron chi connectivity index (χ2n) is 25.8. The zero-order valence-electron chi connectivity index (χ0n) is 58.1. The summed E-state index contributed by atoms with van der Waals surface area (Å²) in [7, 11) is 0. The van der Waals surface area contributed by atoms with Crippen LogP contribution in [-0.4, -0.2) is 169 Å². The zero-order valence-corrected chi connectivity index (χ0v) is 60.6. The molecule has 12 heterocycles. The van der Waals surface area contributed by atoms with E-state index >= 15 is 13.2 Å². The van der Waals surface area contributed by atoms with Gasteiger partial charge in [0.05, 0.1) is 57.2 Å². The van der Waals surface area contributed by atoms with E-state index in [4.69, 9.17) is 23.7 Å². The van der Waals surface area contributed by atoms with Crippen LogP contribution in [0.25, 0.3) is 63.4 Å². The first kappa shape index (κ1) is 71.0. The molecule has 0 aliphatic carbocycles. The topological polar surface area (TPSA) is 268 Å². The summed E-state index contributed by atoms with van der Waals surface area (Å²) in [5.74, 6) is -1.02. The molecule has 0 saturated carbocycles. The van der Waals surface area contributed by atoms with Crippen LogP contribution in [0.3, 0.4) is 0 Å². The lowest BCUT2D eigenvalue weighted by atomic mass is 10.1. The maximum atomic E-state index is 15.1. The van der Waals surface area contributed by atoms with Gasteiger partial charge in [-0.2, -0.15) is 0 Å². The van der Waals surface area contributed by atoms with Crippen molar-refractivity contribution in [3.8, 4) is 34.9 Å². The second-order valence-corrected chi connectivity index (χ2v) is 28.8. The number of nitrogens with zero attached hydrogens (tertiary/aromatic N) is 9. The zero-order chi connectivity index (χ0) is 72.1. The molecule has 29 heteroatoms. The number of likely N-dealkylation sites (tertiary alicyclic amines) is 1. The summed E-state index contributed by atoms with van der Waals surface area (Å²) in [6.45, 7) is 23.5. The smallest absolute Gasteiger partial charge is 0.266 e. The van der Waals surface area contributed by atoms with E-state index in [2.05, 4.69) is 75.5 Å². The maximum Gasteiger partial charge on any atom is 0.266 e. The molecule has 16 rings (SSSR count). The number of fused-ring (bicyclic) bond motifs is 6. The van der Waals surface area contributed by atoms with Gasteiger partial charge in [0.25, 0.3) is 17.7 Å². The fraction of sp³-hybridized carbons (Fsp3) is 0.320. The average Bonchev–Trinajstić information content (AvgIpc) is 1.64. The Kier molecular flexibility index (Phi) is 21.5. The molecule has 13 aromatic rings. The number of amides is 3. The third kappa shape index (κ3) is 15.6. The number of anilines is 1. The van der Waals surface area contributed by atoms with Crippen LogP contribution in [0.2, 0.25) is 0 Å². The van der Waals surface area contributed by atoms with Gasteiger partial charge in [-0.05, 0) is 156 Å². The monoisotopic (exact) mass is 1470 g/mol. The number of carbonyl (C=O) groups excluding carboxylic acids is 3. The van der Waals surface area contributed by atoms with E-state index in [1.807, 2.05) is 65.8 Å². The van der Waals surface area contributed by atoms with Crippen LogP contribution in [0.5, 0.6) is 34.9 Å². The Balaban J connectivity index is 0.000000132. The van der Waals surface area contributed by atoms with Gasteiger partial charge in [-0.1, -0.05) is 18.6 Å². The van der Waals surface area contributed by atoms with Gasteiger partial charge in [-0.3, -0.25) is 24.2 Å². The summed E-state index contributed by atoms with van der Waals surface area (Å²) in [4.78, 5) is 84.4. The van der Waals surface area contributed by atoms with Crippen molar-refractivity contribution >= 4 is 121 Å². The third-order valence-electron chi connectivity index (χ3n) is 18.5. The van der Waals surface area contributed by atoms with E-state index in [0.717, 1.165) is 108 Å². The van der Waals surface area contributed by atoms with Crippen molar-refractivity contribution in [2.45, 2.75) is 67.3 Å². The van der Waals surface area contributed by atoms with Crippen LogP contribution in [0, 0.1) is 59.0 Å². The van der Waals surface area contributed by atoms with E-state index < -0.39 is 17.5 Å². The number of aromatic nitrogens is 9. The molecule has 0 spiro atoms. The average molecular weight is 1470 g/mol. The third-order valence-corrected chi connectivity index (χ3v) is 22.1. The van der Waals surface area contributed by atoms with Crippen molar-refractivity contribution < 1.29 is 51.2 Å². The number of aromatic amines is 3. The van der Waals surface area contributed by atoms with Gasteiger partial charge in [-0.15, -0.1) is 34.0 Å². The molecule has 3 aliphatic rings. The molecule has 3 amide bonds. The number of piperidine rings is 1. The normalized spacial score (nSPS) is 14.6. The minimum Gasteiger partial charge on any atom is -0.435 e. The molecule has 0 atom stereocenters. The molecule has 9 aromatic heterocycles. The molecule has 0 unspecified atom stereocenters. The SMILES string of the molecule is Cc1cc2c(F)c(Oc3ncnc4sc(C(=O)NCCN5CCCCC5)c(C)c34)ccc2[nH]1.Cc1cc2c(F)c(Oc3ncnc4sc(C(=O)NCCN5CCOCC5)c(C)c34)ccc2[nH]1.Cc1cc2c(F)c(Oc3ncnc4sc(C(=O)Nc5ccc(CN6CCOCC6)cc5)c(C)c34)ccc2[nH]1. The number of aryl methyl sites for hydroxylation is 6. The highest BCUT2D eigenvalue weighted by molar-refractivity contribution is 7.21. The Labute approximate surface area is 607 Å². The molecule has 538 valence electrons. The van der Waals surface area contributed by atoms with Crippen LogP contribution in [0.1, 0.15) is 87.6 Å². The molecular formula is C75H76F3N15O8S3. The number of hydrogen-bond acceptors (Lipinski definition) is 20. The predicted molar refractivity (Wildman–Crippen MR) is 398 cm³/mol. The molecule has 23 nitrogen and oxygen atoms in total. The number of halogens is 3. The molecular weight excluding hydrogens is 1390 g/mol. The molecule has 6 N–H and O–H groups in total. The number of rotatable bonds is 18. The number of hydrogen-bond donors (Lipinski definition) is 6. The summed E-state index contributed by atoms with van der Waals surface area (Å²) >= 11 is 3.83. The summed E-state index contributed by atoms with van der Waals surface area (Å²) < 4.78 is 73.7. The largest absolute Gasteiger partial charge is 0.435 e.